The molecule has 1 heterocycles. The second-order valence-electron chi connectivity index (χ2n) is 4.76. The summed E-state index contributed by atoms with van der Waals surface area (Å²) in [6.07, 6.45) is 3.30. The van der Waals surface area contributed by atoms with E-state index in [1.54, 1.807) is 29.2 Å². The molecule has 1 unspecified atom stereocenters. The minimum atomic E-state index is -0.0994. The van der Waals surface area contributed by atoms with Gasteiger partial charge in [0.15, 0.2) is 0 Å². The number of ether oxygens (including phenoxy) is 1. The lowest BCUT2D eigenvalue weighted by molar-refractivity contribution is -0.122. The summed E-state index contributed by atoms with van der Waals surface area (Å²) < 4.78 is 7.13. The molecule has 0 radical (unpaired) electrons. The molecule has 2 rings (SSSR count). The van der Waals surface area contributed by atoms with Gasteiger partial charge in [0.05, 0.1) is 24.6 Å². The summed E-state index contributed by atoms with van der Waals surface area (Å²) in [6.45, 7) is 2.70. The lowest BCUT2D eigenvalue weighted by Crippen LogP contribution is -2.36. The molecule has 1 aromatic carbocycles. The SMILES string of the molecule is CC(Cn1cncn1)NC(=O)CCOc1ccc(Cl)cc1Cl. The summed E-state index contributed by atoms with van der Waals surface area (Å²) in [4.78, 5) is 15.7. The standard InChI is InChI=1S/C14H16Cl2N4O2/c1-10(7-20-9-17-8-18-20)19-14(21)4-5-22-13-3-2-11(15)6-12(13)16/h2-3,6,8-10H,4-5,7H2,1H3,(H,19,21). The highest BCUT2D eigenvalue weighted by molar-refractivity contribution is 6.35. The van der Waals surface area contributed by atoms with E-state index in [0.29, 0.717) is 22.3 Å². The summed E-state index contributed by atoms with van der Waals surface area (Å²) in [6, 6.07) is 4.91. The first-order valence-corrected chi connectivity index (χ1v) is 7.50. The Labute approximate surface area is 138 Å². The molecule has 0 fully saturated rings. The van der Waals surface area contributed by atoms with Crippen molar-refractivity contribution in [3.05, 3.63) is 40.9 Å². The Morgan fingerprint density at radius 1 is 1.45 bits per heavy atom. The van der Waals surface area contributed by atoms with Crippen LogP contribution >= 0.6 is 23.2 Å². The molecular weight excluding hydrogens is 327 g/mol. The summed E-state index contributed by atoms with van der Waals surface area (Å²) in [7, 11) is 0. The highest BCUT2D eigenvalue weighted by Gasteiger charge is 2.09. The maximum Gasteiger partial charge on any atom is 0.223 e. The molecule has 8 heteroatoms. The van der Waals surface area contributed by atoms with Gasteiger partial charge >= 0.3 is 0 Å². The molecule has 0 spiro atoms. The fourth-order valence-electron chi connectivity index (χ4n) is 1.85. The number of nitrogens with one attached hydrogen (secondary N) is 1. The molecule has 2 aromatic rings. The topological polar surface area (TPSA) is 69.0 Å². The predicted molar refractivity (Wildman–Crippen MR) is 84.2 cm³/mol. The summed E-state index contributed by atoms with van der Waals surface area (Å²) in [5.41, 5.74) is 0. The van der Waals surface area contributed by atoms with E-state index in [2.05, 4.69) is 15.4 Å². The van der Waals surface area contributed by atoms with Gasteiger partial charge in [0.25, 0.3) is 0 Å². The lowest BCUT2D eigenvalue weighted by Gasteiger charge is -2.14. The number of aromatic nitrogens is 3. The Morgan fingerprint density at radius 2 is 2.27 bits per heavy atom. The molecule has 0 bridgehead atoms. The second-order valence-corrected chi connectivity index (χ2v) is 5.60. The van der Waals surface area contributed by atoms with Gasteiger partial charge in [0.2, 0.25) is 5.91 Å². The van der Waals surface area contributed by atoms with E-state index in [4.69, 9.17) is 27.9 Å². The summed E-state index contributed by atoms with van der Waals surface area (Å²) >= 11 is 11.8. The van der Waals surface area contributed by atoms with Crippen molar-refractivity contribution in [1.29, 1.82) is 0 Å². The van der Waals surface area contributed by atoms with Crippen molar-refractivity contribution in [3.8, 4) is 5.75 Å². The Balaban J connectivity index is 1.71. The quantitative estimate of drug-likeness (QED) is 0.839. The third-order valence-electron chi connectivity index (χ3n) is 2.82. The van der Waals surface area contributed by atoms with Gasteiger partial charge in [0, 0.05) is 11.1 Å². The van der Waals surface area contributed by atoms with Crippen LogP contribution < -0.4 is 10.1 Å². The van der Waals surface area contributed by atoms with Gasteiger partial charge in [-0.1, -0.05) is 23.2 Å². The van der Waals surface area contributed by atoms with Crippen LogP contribution in [-0.4, -0.2) is 33.3 Å². The molecule has 0 saturated heterocycles. The molecule has 0 aliphatic carbocycles. The Hall–Kier alpha value is -1.79. The van der Waals surface area contributed by atoms with E-state index >= 15 is 0 Å². The van der Waals surface area contributed by atoms with E-state index in [9.17, 15) is 4.79 Å². The minimum absolute atomic E-state index is 0.0479. The Bertz CT molecular complexity index is 619. The van der Waals surface area contributed by atoms with Crippen LogP contribution in [0.2, 0.25) is 10.0 Å². The Kier molecular flexibility index (Phi) is 6.03. The van der Waals surface area contributed by atoms with Crippen LogP contribution in [0.15, 0.2) is 30.9 Å². The van der Waals surface area contributed by atoms with Crippen molar-refractivity contribution < 1.29 is 9.53 Å². The van der Waals surface area contributed by atoms with Crippen molar-refractivity contribution in [2.75, 3.05) is 6.61 Å². The number of carbonyl (C=O) groups is 1. The fourth-order valence-corrected chi connectivity index (χ4v) is 2.31. The van der Waals surface area contributed by atoms with E-state index in [0.717, 1.165) is 0 Å². The van der Waals surface area contributed by atoms with E-state index in [1.165, 1.54) is 6.33 Å². The molecule has 0 aliphatic rings. The van der Waals surface area contributed by atoms with Gasteiger partial charge in [-0.2, -0.15) is 5.10 Å². The number of rotatable bonds is 7. The van der Waals surface area contributed by atoms with Crippen molar-refractivity contribution in [2.45, 2.75) is 25.9 Å². The van der Waals surface area contributed by atoms with Gasteiger partial charge in [-0.3, -0.25) is 9.48 Å². The molecule has 0 aliphatic heterocycles. The number of amides is 1. The smallest absolute Gasteiger partial charge is 0.223 e. The highest BCUT2D eigenvalue weighted by atomic mass is 35.5. The van der Waals surface area contributed by atoms with Gasteiger partial charge in [-0.25, -0.2) is 4.98 Å². The lowest BCUT2D eigenvalue weighted by atomic mass is 10.3. The van der Waals surface area contributed by atoms with Crippen LogP contribution in [0.5, 0.6) is 5.75 Å². The van der Waals surface area contributed by atoms with Crippen LogP contribution in [-0.2, 0) is 11.3 Å². The first-order valence-electron chi connectivity index (χ1n) is 6.74. The van der Waals surface area contributed by atoms with Gasteiger partial charge in [0.1, 0.15) is 18.4 Å². The van der Waals surface area contributed by atoms with Crippen LogP contribution in [0.3, 0.4) is 0 Å². The minimum Gasteiger partial charge on any atom is -0.491 e. The van der Waals surface area contributed by atoms with Crippen LogP contribution in [0.4, 0.5) is 0 Å². The molecule has 22 heavy (non-hydrogen) atoms. The zero-order valence-electron chi connectivity index (χ0n) is 12.0. The number of hydrogen-bond donors (Lipinski definition) is 1. The number of hydrogen-bond acceptors (Lipinski definition) is 4. The molecular formula is C14H16Cl2N4O2. The monoisotopic (exact) mass is 342 g/mol. The first kappa shape index (κ1) is 16.6. The zero-order valence-corrected chi connectivity index (χ0v) is 13.5. The molecule has 0 saturated carbocycles. The maximum absolute atomic E-state index is 11.8. The largest absolute Gasteiger partial charge is 0.491 e. The highest BCUT2D eigenvalue weighted by Crippen LogP contribution is 2.27. The third-order valence-corrected chi connectivity index (χ3v) is 3.35. The average Bonchev–Trinajstić information content (AvgIpc) is 2.93. The van der Waals surface area contributed by atoms with Crippen LogP contribution in [0.1, 0.15) is 13.3 Å². The average molecular weight is 343 g/mol. The molecule has 118 valence electrons. The number of nitrogens with zero attached hydrogens (tertiary/aromatic N) is 3. The molecule has 1 aromatic heterocycles. The molecule has 1 amide bonds. The molecule has 1 N–H and O–H groups in total. The zero-order chi connectivity index (χ0) is 15.9. The van der Waals surface area contributed by atoms with Gasteiger partial charge in [-0.15, -0.1) is 0 Å². The third kappa shape index (κ3) is 5.20. The van der Waals surface area contributed by atoms with Gasteiger partial charge in [-0.05, 0) is 25.1 Å². The van der Waals surface area contributed by atoms with E-state index in [-0.39, 0.29) is 25.0 Å². The van der Waals surface area contributed by atoms with E-state index in [1.807, 2.05) is 6.92 Å². The second kappa shape index (κ2) is 8.00. The van der Waals surface area contributed by atoms with Crippen LogP contribution in [0, 0.1) is 0 Å². The summed E-state index contributed by atoms with van der Waals surface area (Å²) in [5.74, 6) is 0.409. The maximum atomic E-state index is 11.8. The fraction of sp³-hybridized carbons (Fsp3) is 0.357. The summed E-state index contributed by atoms with van der Waals surface area (Å²) in [5, 5.41) is 7.82. The van der Waals surface area contributed by atoms with Crippen molar-refractivity contribution in [2.24, 2.45) is 0 Å². The van der Waals surface area contributed by atoms with Crippen LogP contribution in [0.25, 0.3) is 0 Å². The normalized spacial score (nSPS) is 12.0. The molecule has 1 atom stereocenters. The van der Waals surface area contributed by atoms with Crippen molar-refractivity contribution in [3.63, 3.8) is 0 Å². The Morgan fingerprint density at radius 3 is 2.95 bits per heavy atom. The first-order chi connectivity index (χ1) is 10.5. The molecule has 6 nitrogen and oxygen atoms in total. The van der Waals surface area contributed by atoms with Crippen molar-refractivity contribution >= 4 is 29.1 Å². The predicted octanol–water partition coefficient (Wildman–Crippen LogP) is 2.56. The van der Waals surface area contributed by atoms with Gasteiger partial charge < -0.3 is 10.1 Å². The number of carbonyl (C=O) groups excluding carboxylic acids is 1. The number of halogens is 2. The van der Waals surface area contributed by atoms with Crippen molar-refractivity contribution in [1.82, 2.24) is 20.1 Å². The number of benzene rings is 1. The van der Waals surface area contributed by atoms with E-state index < -0.39 is 0 Å².